The molecule has 172 valence electrons. The number of aromatic nitrogens is 2. The van der Waals surface area contributed by atoms with Crippen molar-refractivity contribution < 1.29 is 19.4 Å². The Labute approximate surface area is 197 Å². The van der Waals surface area contributed by atoms with E-state index < -0.39 is 11.7 Å². The van der Waals surface area contributed by atoms with Crippen LogP contribution in [0, 0.1) is 5.92 Å². The van der Waals surface area contributed by atoms with E-state index in [-0.39, 0.29) is 23.6 Å². The number of hydrogen-bond acceptors (Lipinski definition) is 5. The highest BCUT2D eigenvalue weighted by molar-refractivity contribution is 6.36. The molecule has 1 unspecified atom stereocenters. The predicted octanol–water partition coefficient (Wildman–Crippen LogP) is 5.15. The van der Waals surface area contributed by atoms with Gasteiger partial charge in [-0.3, -0.25) is 4.79 Å². The summed E-state index contributed by atoms with van der Waals surface area (Å²) in [6.07, 6.45) is 4.79. The van der Waals surface area contributed by atoms with E-state index in [0.29, 0.717) is 35.0 Å². The van der Waals surface area contributed by atoms with E-state index in [4.69, 9.17) is 27.9 Å². The number of hydrogen-bond donors (Lipinski definition) is 1. The standard InChI is InChI=1S/C23H27Cl2N3O4/c1-23(2,3)32-22(31)28-12-16-19(26-28)5-4-6-20(16)27-8-7-13(21(27)30)9-15-17(24)10-14(29)11-18(15)25/h10-13,20,29H,4-9H2,1-3H3/t13-,20?/m0/s1. The fourth-order valence-corrected chi connectivity index (χ4v) is 5.16. The van der Waals surface area contributed by atoms with Crippen molar-refractivity contribution in [2.75, 3.05) is 6.54 Å². The largest absolute Gasteiger partial charge is 0.508 e. The van der Waals surface area contributed by atoms with Gasteiger partial charge in [-0.2, -0.15) is 9.78 Å². The smallest absolute Gasteiger partial charge is 0.435 e. The van der Waals surface area contributed by atoms with Gasteiger partial charge >= 0.3 is 6.09 Å². The van der Waals surface area contributed by atoms with Crippen LogP contribution in [0.25, 0.3) is 0 Å². The summed E-state index contributed by atoms with van der Waals surface area (Å²) < 4.78 is 6.69. The molecular weight excluding hydrogens is 453 g/mol. The molecule has 1 aliphatic heterocycles. The Morgan fingerprint density at radius 1 is 1.25 bits per heavy atom. The second-order valence-electron chi connectivity index (χ2n) is 9.47. The number of carbonyl (C=O) groups excluding carboxylic acids is 2. The maximum atomic E-state index is 13.3. The van der Waals surface area contributed by atoms with Gasteiger partial charge in [0.05, 0.1) is 11.7 Å². The number of amides is 1. The van der Waals surface area contributed by atoms with E-state index in [1.54, 1.807) is 6.20 Å². The van der Waals surface area contributed by atoms with Crippen molar-refractivity contribution in [3.8, 4) is 5.75 Å². The fraction of sp³-hybridized carbons (Fsp3) is 0.522. The van der Waals surface area contributed by atoms with Crippen LogP contribution in [-0.4, -0.2) is 43.9 Å². The van der Waals surface area contributed by atoms with E-state index in [0.717, 1.165) is 30.5 Å². The molecule has 0 bridgehead atoms. The monoisotopic (exact) mass is 479 g/mol. The third kappa shape index (κ3) is 4.59. The zero-order chi connectivity index (χ0) is 23.2. The zero-order valence-electron chi connectivity index (χ0n) is 18.4. The first-order chi connectivity index (χ1) is 15.0. The Kier molecular flexibility index (Phi) is 6.16. The molecule has 1 saturated heterocycles. The van der Waals surface area contributed by atoms with Crippen molar-refractivity contribution in [1.29, 1.82) is 0 Å². The van der Waals surface area contributed by atoms with Gasteiger partial charge in [0, 0.05) is 34.3 Å². The van der Waals surface area contributed by atoms with E-state index in [1.807, 2.05) is 25.7 Å². The van der Waals surface area contributed by atoms with Gasteiger partial charge in [-0.15, -0.1) is 0 Å². The fourth-order valence-electron chi connectivity index (χ4n) is 4.53. The molecule has 2 aromatic rings. The molecule has 0 saturated carbocycles. The van der Waals surface area contributed by atoms with Crippen LogP contribution in [0.1, 0.15) is 62.9 Å². The van der Waals surface area contributed by atoms with Gasteiger partial charge in [0.15, 0.2) is 0 Å². The van der Waals surface area contributed by atoms with Gasteiger partial charge in [0.1, 0.15) is 11.4 Å². The van der Waals surface area contributed by atoms with Crippen molar-refractivity contribution in [1.82, 2.24) is 14.7 Å². The first-order valence-electron chi connectivity index (χ1n) is 10.8. The molecule has 1 aliphatic carbocycles. The van der Waals surface area contributed by atoms with Crippen molar-refractivity contribution in [2.24, 2.45) is 5.92 Å². The average molecular weight is 480 g/mol. The Hall–Kier alpha value is -2.25. The van der Waals surface area contributed by atoms with Crippen LogP contribution < -0.4 is 0 Å². The van der Waals surface area contributed by atoms with Crippen LogP contribution >= 0.6 is 23.2 Å². The first-order valence-corrected chi connectivity index (χ1v) is 11.6. The quantitative estimate of drug-likeness (QED) is 0.657. The number of ether oxygens (including phenoxy) is 1. The van der Waals surface area contributed by atoms with E-state index in [1.165, 1.54) is 16.8 Å². The van der Waals surface area contributed by atoms with E-state index in [9.17, 15) is 14.7 Å². The second kappa shape index (κ2) is 8.60. The molecule has 1 fully saturated rings. The molecule has 1 amide bonds. The molecule has 7 nitrogen and oxygen atoms in total. The third-order valence-corrected chi connectivity index (χ3v) is 6.63. The van der Waals surface area contributed by atoms with Crippen LogP contribution in [0.15, 0.2) is 18.3 Å². The lowest BCUT2D eigenvalue weighted by molar-refractivity contribution is -0.133. The Bertz CT molecular complexity index is 1040. The molecule has 2 heterocycles. The van der Waals surface area contributed by atoms with E-state index >= 15 is 0 Å². The topological polar surface area (TPSA) is 84.7 Å². The van der Waals surface area contributed by atoms with Gasteiger partial charge < -0.3 is 14.7 Å². The number of benzene rings is 1. The number of fused-ring (bicyclic) bond motifs is 1. The number of aromatic hydroxyl groups is 1. The first kappa shape index (κ1) is 22.9. The Morgan fingerprint density at radius 2 is 1.94 bits per heavy atom. The molecule has 32 heavy (non-hydrogen) atoms. The number of rotatable bonds is 3. The van der Waals surface area contributed by atoms with E-state index in [2.05, 4.69) is 5.10 Å². The van der Waals surface area contributed by atoms with Gasteiger partial charge in [-0.05, 0) is 70.6 Å². The minimum Gasteiger partial charge on any atom is -0.508 e. The van der Waals surface area contributed by atoms with Gasteiger partial charge in [-0.1, -0.05) is 23.2 Å². The summed E-state index contributed by atoms with van der Waals surface area (Å²) >= 11 is 12.5. The lowest BCUT2D eigenvalue weighted by Gasteiger charge is -2.31. The molecule has 0 radical (unpaired) electrons. The minimum absolute atomic E-state index is 0.000130. The summed E-state index contributed by atoms with van der Waals surface area (Å²) in [5.41, 5.74) is 1.82. The summed E-state index contributed by atoms with van der Waals surface area (Å²) in [4.78, 5) is 27.7. The maximum absolute atomic E-state index is 13.3. The summed E-state index contributed by atoms with van der Waals surface area (Å²) in [5, 5.41) is 14.8. The molecule has 2 aliphatic rings. The molecular formula is C23H27Cl2N3O4. The SMILES string of the molecule is CC(C)(C)OC(=O)n1cc2c(n1)CCCC2N1CC[C@@H](Cc2c(Cl)cc(O)cc2Cl)C1=O. The highest BCUT2D eigenvalue weighted by Crippen LogP contribution is 2.40. The van der Waals surface area contributed by atoms with Crippen molar-refractivity contribution >= 4 is 35.2 Å². The van der Waals surface area contributed by atoms with Gasteiger partial charge in [0.25, 0.3) is 0 Å². The van der Waals surface area contributed by atoms with Crippen LogP contribution in [0.3, 0.4) is 0 Å². The van der Waals surface area contributed by atoms with Crippen LogP contribution in [-0.2, 0) is 22.4 Å². The Balaban J connectivity index is 1.53. The molecule has 0 spiro atoms. The number of halogens is 2. The third-order valence-electron chi connectivity index (χ3n) is 5.96. The van der Waals surface area contributed by atoms with Crippen molar-refractivity contribution in [3.63, 3.8) is 0 Å². The summed E-state index contributed by atoms with van der Waals surface area (Å²) in [6, 6.07) is 2.77. The van der Waals surface area contributed by atoms with Crippen LogP contribution in [0.4, 0.5) is 4.79 Å². The second-order valence-corrected chi connectivity index (χ2v) is 10.3. The lowest BCUT2D eigenvalue weighted by atomic mass is 9.92. The van der Waals surface area contributed by atoms with Crippen molar-refractivity contribution in [2.45, 2.75) is 64.5 Å². The van der Waals surface area contributed by atoms with Crippen LogP contribution in [0.2, 0.25) is 10.0 Å². The number of phenols is 1. The highest BCUT2D eigenvalue weighted by atomic mass is 35.5. The van der Waals surface area contributed by atoms with Gasteiger partial charge in [-0.25, -0.2) is 4.79 Å². The summed E-state index contributed by atoms with van der Waals surface area (Å²) in [5.74, 6) is -0.186. The number of nitrogens with zero attached hydrogens (tertiary/aromatic N) is 3. The van der Waals surface area contributed by atoms with Crippen LogP contribution in [0.5, 0.6) is 5.75 Å². The Morgan fingerprint density at radius 3 is 2.59 bits per heavy atom. The normalized spacial score (nSPS) is 21.0. The average Bonchev–Trinajstić information content (AvgIpc) is 3.27. The zero-order valence-corrected chi connectivity index (χ0v) is 19.9. The number of phenolic OH excluding ortho intramolecular Hbond substituents is 1. The number of carbonyl (C=O) groups is 2. The van der Waals surface area contributed by atoms with Crippen molar-refractivity contribution in [3.05, 3.63) is 45.2 Å². The molecule has 2 atom stereocenters. The summed E-state index contributed by atoms with van der Waals surface area (Å²) in [6.45, 7) is 6.06. The predicted molar refractivity (Wildman–Crippen MR) is 121 cm³/mol. The molecule has 9 heteroatoms. The lowest BCUT2D eigenvalue weighted by Crippen LogP contribution is -2.34. The number of aryl methyl sites for hydroxylation is 1. The molecule has 1 N–H and O–H groups in total. The molecule has 1 aromatic carbocycles. The molecule has 4 rings (SSSR count). The summed E-state index contributed by atoms with van der Waals surface area (Å²) in [7, 11) is 0. The van der Waals surface area contributed by atoms with Gasteiger partial charge in [0.2, 0.25) is 5.91 Å². The maximum Gasteiger partial charge on any atom is 0.435 e. The minimum atomic E-state index is -0.613. The molecule has 1 aromatic heterocycles. The highest BCUT2D eigenvalue weighted by Gasteiger charge is 2.39. The number of likely N-dealkylation sites (tertiary alicyclic amines) is 1.